The van der Waals surface area contributed by atoms with Crippen LogP contribution >= 0.6 is 46.0 Å². The van der Waals surface area contributed by atoms with E-state index in [1.807, 2.05) is 24.3 Å². The number of nitro benzene ring substituents is 1. The van der Waals surface area contributed by atoms with Gasteiger partial charge in [-0.25, -0.2) is 0 Å². The molecule has 1 aromatic heterocycles. The van der Waals surface area contributed by atoms with Gasteiger partial charge in [-0.3, -0.25) is 24.6 Å². The van der Waals surface area contributed by atoms with Crippen LogP contribution in [0, 0.1) is 13.7 Å². The van der Waals surface area contributed by atoms with Crippen molar-refractivity contribution in [3.8, 4) is 11.3 Å². The van der Waals surface area contributed by atoms with E-state index in [2.05, 4.69) is 22.6 Å². The second-order valence-corrected chi connectivity index (χ2v) is 9.19. The summed E-state index contributed by atoms with van der Waals surface area (Å²) in [7, 11) is 0. The van der Waals surface area contributed by atoms with Crippen LogP contribution in [0.1, 0.15) is 11.3 Å². The van der Waals surface area contributed by atoms with Crippen LogP contribution in [0.5, 0.6) is 0 Å². The fraction of sp³-hybridized carbons (Fsp3) is 0.0476. The summed E-state index contributed by atoms with van der Waals surface area (Å²) >= 11 is 8.86. The lowest BCUT2D eigenvalue weighted by atomic mass is 10.1. The van der Waals surface area contributed by atoms with Gasteiger partial charge in [0.2, 0.25) is 0 Å². The highest BCUT2D eigenvalue weighted by atomic mass is 127. The zero-order valence-electron chi connectivity index (χ0n) is 15.6. The summed E-state index contributed by atoms with van der Waals surface area (Å²) in [6.07, 6.45) is 1.46. The normalized spacial score (nSPS) is 15.2. The minimum absolute atomic E-state index is 0.180. The number of rotatable bonds is 5. The quantitative estimate of drug-likeness (QED) is 0.155. The molecule has 7 nitrogen and oxygen atoms in total. The average molecular weight is 567 g/mol. The summed E-state index contributed by atoms with van der Waals surface area (Å²) in [5.74, 6) is 0.149. The van der Waals surface area contributed by atoms with E-state index in [1.54, 1.807) is 12.1 Å². The van der Waals surface area contributed by atoms with Crippen LogP contribution < -0.4 is 0 Å². The molecule has 31 heavy (non-hydrogen) atoms. The third-order valence-corrected chi connectivity index (χ3v) is 6.31. The van der Waals surface area contributed by atoms with Crippen molar-refractivity contribution in [3.05, 3.63) is 89.5 Å². The lowest BCUT2D eigenvalue weighted by Gasteiger charge is -2.12. The largest absolute Gasteiger partial charge is 0.456 e. The van der Waals surface area contributed by atoms with E-state index in [0.717, 1.165) is 20.9 Å². The molecule has 0 saturated carbocycles. The minimum atomic E-state index is -0.542. The molecule has 0 N–H and O–H groups in total. The maximum Gasteiger partial charge on any atom is 0.293 e. The Balaban J connectivity index is 1.57. The molecule has 2 heterocycles. The van der Waals surface area contributed by atoms with Crippen molar-refractivity contribution in [2.75, 3.05) is 0 Å². The standard InChI is InChI=1S/C21H12ClIN2O5S/c22-13-3-7-16(17(9-13)25(28)29)18-8-6-15(30-18)10-19-20(26)24(21(27)31-19)11-12-1-4-14(23)5-2-12/h1-10H,11H2/b19-10+. The van der Waals surface area contributed by atoms with E-state index >= 15 is 0 Å². The Labute approximate surface area is 199 Å². The highest BCUT2D eigenvalue weighted by Crippen LogP contribution is 2.36. The number of nitro groups is 1. The Morgan fingerprint density at radius 3 is 2.58 bits per heavy atom. The van der Waals surface area contributed by atoms with Crippen molar-refractivity contribution in [1.29, 1.82) is 0 Å². The molecule has 0 bridgehead atoms. The van der Waals surface area contributed by atoms with Gasteiger partial charge < -0.3 is 4.42 Å². The number of benzene rings is 2. The highest BCUT2D eigenvalue weighted by molar-refractivity contribution is 14.1. The van der Waals surface area contributed by atoms with Gasteiger partial charge in [0.1, 0.15) is 11.5 Å². The third-order valence-electron chi connectivity index (χ3n) is 4.45. The number of hydrogen-bond donors (Lipinski definition) is 0. The molecule has 0 radical (unpaired) electrons. The molecule has 10 heteroatoms. The number of carbonyl (C=O) groups is 2. The Hall–Kier alpha value is -2.63. The molecule has 1 aliphatic heterocycles. The van der Waals surface area contributed by atoms with Crippen molar-refractivity contribution >= 4 is 68.9 Å². The zero-order chi connectivity index (χ0) is 22.1. The van der Waals surface area contributed by atoms with Crippen molar-refractivity contribution < 1.29 is 18.9 Å². The number of amides is 2. The molecule has 0 aliphatic carbocycles. The van der Waals surface area contributed by atoms with Gasteiger partial charge in [0, 0.05) is 20.7 Å². The van der Waals surface area contributed by atoms with Crippen LogP contribution in [0.25, 0.3) is 17.4 Å². The molecule has 2 amide bonds. The van der Waals surface area contributed by atoms with Crippen LogP contribution in [0.2, 0.25) is 5.02 Å². The first-order chi connectivity index (χ1) is 14.8. The Morgan fingerprint density at radius 2 is 1.87 bits per heavy atom. The summed E-state index contributed by atoms with van der Waals surface area (Å²) in [5.41, 5.74) is 0.923. The maximum absolute atomic E-state index is 12.7. The molecule has 2 aromatic carbocycles. The fourth-order valence-electron chi connectivity index (χ4n) is 2.98. The van der Waals surface area contributed by atoms with Gasteiger partial charge in [-0.15, -0.1) is 0 Å². The summed E-state index contributed by atoms with van der Waals surface area (Å²) < 4.78 is 6.75. The summed E-state index contributed by atoms with van der Waals surface area (Å²) in [6, 6.07) is 15.0. The average Bonchev–Trinajstić information content (AvgIpc) is 3.29. The van der Waals surface area contributed by atoms with Crippen molar-refractivity contribution in [2.24, 2.45) is 0 Å². The predicted octanol–water partition coefficient (Wildman–Crippen LogP) is 6.35. The van der Waals surface area contributed by atoms with Gasteiger partial charge >= 0.3 is 0 Å². The molecule has 156 valence electrons. The smallest absolute Gasteiger partial charge is 0.293 e. The first-order valence-electron chi connectivity index (χ1n) is 8.86. The number of halogens is 2. The molecule has 1 aliphatic rings. The summed E-state index contributed by atoms with van der Waals surface area (Å²) in [4.78, 5) is 37.2. The molecular weight excluding hydrogens is 555 g/mol. The molecule has 3 aromatic rings. The highest BCUT2D eigenvalue weighted by Gasteiger charge is 2.35. The van der Waals surface area contributed by atoms with Gasteiger partial charge in [0.15, 0.2) is 0 Å². The first kappa shape index (κ1) is 21.6. The Kier molecular flexibility index (Phi) is 6.17. The van der Waals surface area contributed by atoms with Crippen LogP contribution in [-0.2, 0) is 11.3 Å². The van der Waals surface area contributed by atoms with E-state index in [1.165, 1.54) is 29.2 Å². The number of carbonyl (C=O) groups excluding carboxylic acids is 2. The summed E-state index contributed by atoms with van der Waals surface area (Å²) in [6.45, 7) is 0.180. The first-order valence-corrected chi connectivity index (χ1v) is 11.1. The van der Waals surface area contributed by atoms with E-state index in [0.29, 0.717) is 5.76 Å². The van der Waals surface area contributed by atoms with Crippen LogP contribution in [0.3, 0.4) is 0 Å². The van der Waals surface area contributed by atoms with Gasteiger partial charge in [-0.05, 0) is 76.3 Å². The van der Waals surface area contributed by atoms with E-state index in [9.17, 15) is 19.7 Å². The molecular formula is C21H12ClIN2O5S. The lowest BCUT2D eigenvalue weighted by molar-refractivity contribution is -0.384. The number of nitrogens with zero attached hydrogens (tertiary/aromatic N) is 2. The van der Waals surface area contributed by atoms with Crippen LogP contribution in [-0.4, -0.2) is 21.0 Å². The van der Waals surface area contributed by atoms with E-state index < -0.39 is 10.8 Å². The second kappa shape index (κ2) is 8.85. The molecule has 4 rings (SSSR count). The van der Waals surface area contributed by atoms with Gasteiger partial charge in [0.25, 0.3) is 16.8 Å². The summed E-state index contributed by atoms with van der Waals surface area (Å²) in [5, 5.41) is 11.2. The monoisotopic (exact) mass is 566 g/mol. The molecule has 0 atom stereocenters. The van der Waals surface area contributed by atoms with Gasteiger partial charge in [-0.1, -0.05) is 23.7 Å². The second-order valence-electron chi connectivity index (χ2n) is 6.51. The van der Waals surface area contributed by atoms with E-state index in [4.69, 9.17) is 16.0 Å². The zero-order valence-corrected chi connectivity index (χ0v) is 19.3. The third kappa shape index (κ3) is 4.68. The number of thioether (sulfide) groups is 1. The van der Waals surface area contributed by atoms with Crippen molar-refractivity contribution in [3.63, 3.8) is 0 Å². The molecule has 1 saturated heterocycles. The van der Waals surface area contributed by atoms with Crippen LogP contribution in [0.4, 0.5) is 10.5 Å². The lowest BCUT2D eigenvalue weighted by Crippen LogP contribution is -2.27. The number of furan rings is 1. The van der Waals surface area contributed by atoms with Crippen molar-refractivity contribution in [2.45, 2.75) is 6.54 Å². The number of hydrogen-bond acceptors (Lipinski definition) is 6. The molecule has 0 unspecified atom stereocenters. The Bertz CT molecular complexity index is 1240. The number of imide groups is 1. The SMILES string of the molecule is O=C1S/C(=C/c2ccc(-c3ccc(Cl)cc3[N+](=O)[O-])o2)C(=O)N1Cc1ccc(I)cc1. The predicted molar refractivity (Wildman–Crippen MR) is 126 cm³/mol. The van der Waals surface area contributed by atoms with E-state index in [-0.39, 0.29) is 38.7 Å². The topological polar surface area (TPSA) is 93.7 Å². The van der Waals surface area contributed by atoms with Gasteiger partial charge in [0.05, 0.1) is 21.9 Å². The molecule has 0 spiro atoms. The fourth-order valence-corrected chi connectivity index (χ4v) is 4.32. The van der Waals surface area contributed by atoms with Crippen molar-refractivity contribution in [1.82, 2.24) is 4.90 Å². The minimum Gasteiger partial charge on any atom is -0.456 e. The van der Waals surface area contributed by atoms with Gasteiger partial charge in [-0.2, -0.15) is 0 Å². The maximum atomic E-state index is 12.7. The van der Waals surface area contributed by atoms with Crippen LogP contribution in [0.15, 0.2) is 63.9 Å². The molecule has 1 fully saturated rings. The Morgan fingerprint density at radius 1 is 1.13 bits per heavy atom.